The van der Waals surface area contributed by atoms with Crippen LogP contribution in [0.15, 0.2) is 198 Å². The summed E-state index contributed by atoms with van der Waals surface area (Å²) in [4.78, 5) is 2.52. The molecular formula is C49H34N2S. The Hall–Kier alpha value is -6.29. The highest BCUT2D eigenvalue weighted by molar-refractivity contribution is 7.99. The van der Waals surface area contributed by atoms with Crippen LogP contribution in [0.2, 0.25) is 0 Å². The maximum atomic E-state index is 2.45. The molecule has 10 aromatic rings. The predicted octanol–water partition coefficient (Wildman–Crippen LogP) is 13.7. The second kappa shape index (κ2) is 12.5. The molecule has 52 heavy (non-hydrogen) atoms. The number of para-hydroxylation sites is 4. The van der Waals surface area contributed by atoms with Crippen LogP contribution < -0.4 is 0 Å². The molecule has 8 aromatic carbocycles. The number of fused-ring (bicyclic) bond motifs is 6. The van der Waals surface area contributed by atoms with Crippen LogP contribution in [-0.4, -0.2) is 9.13 Å². The van der Waals surface area contributed by atoms with Crippen LogP contribution in [-0.2, 0) is 0 Å². The number of hydrogen-bond acceptors (Lipinski definition) is 1. The third-order valence-corrected chi connectivity index (χ3v) is 11.6. The lowest BCUT2D eigenvalue weighted by Crippen LogP contribution is -1.97. The highest BCUT2D eigenvalue weighted by Gasteiger charge is 2.19. The molecule has 0 aliphatic heterocycles. The molecule has 2 aromatic heterocycles. The number of benzene rings is 8. The van der Waals surface area contributed by atoms with E-state index in [0.29, 0.717) is 0 Å². The van der Waals surface area contributed by atoms with Crippen molar-refractivity contribution in [3.63, 3.8) is 0 Å². The first-order valence-electron chi connectivity index (χ1n) is 17.8. The Bertz CT molecular complexity index is 2930. The number of rotatable bonds is 6. The average molecular weight is 683 g/mol. The zero-order valence-corrected chi connectivity index (χ0v) is 29.5. The van der Waals surface area contributed by atoms with E-state index in [2.05, 4.69) is 204 Å². The molecule has 0 amide bonds. The van der Waals surface area contributed by atoms with Gasteiger partial charge in [-0.15, -0.1) is 0 Å². The van der Waals surface area contributed by atoms with Gasteiger partial charge in [-0.25, -0.2) is 0 Å². The summed E-state index contributed by atoms with van der Waals surface area (Å²) in [6, 6.07) is 68.5. The Labute approximate surface area is 307 Å². The van der Waals surface area contributed by atoms with Gasteiger partial charge in [0.15, 0.2) is 0 Å². The maximum absolute atomic E-state index is 2.45. The first-order chi connectivity index (χ1) is 25.7. The Morgan fingerprint density at radius 1 is 0.365 bits per heavy atom. The standard InChI is InChI=1S/C49H34N2S/c1-33-15-8-13-26-47(33)52-48-30-28-37(32-43(48)34-16-4-2-5-17-34)50-44-24-11-9-20-39(44)41-29-27-35(31-46(41)50)38-22-14-23-42-40-21-10-12-25-45(40)51(49(38)42)36-18-6-3-7-19-36/h2-32H,1H3. The molecule has 0 N–H and O–H groups in total. The fraction of sp³-hybridized carbons (Fsp3) is 0.0204. The van der Waals surface area contributed by atoms with Gasteiger partial charge >= 0.3 is 0 Å². The molecule has 0 aliphatic carbocycles. The summed E-state index contributed by atoms with van der Waals surface area (Å²) in [5, 5.41) is 5.01. The molecule has 2 nitrogen and oxygen atoms in total. The van der Waals surface area contributed by atoms with Crippen LogP contribution >= 0.6 is 11.8 Å². The van der Waals surface area contributed by atoms with E-state index in [1.165, 1.54) is 81.2 Å². The van der Waals surface area contributed by atoms with Crippen LogP contribution in [0.5, 0.6) is 0 Å². The van der Waals surface area contributed by atoms with Crippen molar-refractivity contribution in [2.45, 2.75) is 16.7 Å². The van der Waals surface area contributed by atoms with Crippen molar-refractivity contribution in [2.75, 3.05) is 0 Å². The lowest BCUT2D eigenvalue weighted by atomic mass is 10.00. The Balaban J connectivity index is 1.22. The number of hydrogen-bond donors (Lipinski definition) is 0. The predicted molar refractivity (Wildman–Crippen MR) is 221 cm³/mol. The summed E-state index contributed by atoms with van der Waals surface area (Å²) in [7, 11) is 0. The minimum atomic E-state index is 1.15. The number of aryl methyl sites for hydroxylation is 1. The molecule has 3 heteroatoms. The summed E-state index contributed by atoms with van der Waals surface area (Å²) in [6.07, 6.45) is 0. The third-order valence-electron chi connectivity index (χ3n) is 10.3. The van der Waals surface area contributed by atoms with Crippen molar-refractivity contribution >= 4 is 55.4 Å². The number of aromatic nitrogens is 2. The van der Waals surface area contributed by atoms with E-state index < -0.39 is 0 Å². The largest absolute Gasteiger partial charge is 0.309 e. The normalized spacial score (nSPS) is 11.6. The molecule has 0 spiro atoms. The molecule has 0 saturated heterocycles. The molecular weight excluding hydrogens is 649 g/mol. The van der Waals surface area contributed by atoms with Crippen LogP contribution in [0, 0.1) is 6.92 Å². The average Bonchev–Trinajstić information content (AvgIpc) is 3.72. The Kier molecular flexibility index (Phi) is 7.33. The smallest absolute Gasteiger partial charge is 0.0619 e. The van der Waals surface area contributed by atoms with E-state index in [1.807, 2.05) is 11.8 Å². The van der Waals surface area contributed by atoms with E-state index in [0.717, 1.165) is 11.4 Å². The zero-order chi connectivity index (χ0) is 34.6. The third kappa shape index (κ3) is 4.97. The maximum Gasteiger partial charge on any atom is 0.0619 e. The molecule has 0 saturated carbocycles. The summed E-state index contributed by atoms with van der Waals surface area (Å²) in [5.41, 5.74) is 13.3. The van der Waals surface area contributed by atoms with E-state index in [4.69, 9.17) is 0 Å². The SMILES string of the molecule is Cc1ccccc1Sc1ccc(-n2c3ccccc3c3ccc(-c4cccc5c6ccccc6n(-c6ccccc6)c45)cc32)cc1-c1ccccc1. The minimum Gasteiger partial charge on any atom is -0.309 e. The summed E-state index contributed by atoms with van der Waals surface area (Å²) < 4.78 is 4.88. The molecule has 0 aliphatic rings. The van der Waals surface area contributed by atoms with E-state index >= 15 is 0 Å². The van der Waals surface area contributed by atoms with Gasteiger partial charge in [-0.2, -0.15) is 0 Å². The highest BCUT2D eigenvalue weighted by Crippen LogP contribution is 2.43. The van der Waals surface area contributed by atoms with Gasteiger partial charge in [0.1, 0.15) is 0 Å². The second-order valence-corrected chi connectivity index (χ2v) is 14.5. The topological polar surface area (TPSA) is 9.86 Å². The molecule has 0 fully saturated rings. The molecule has 246 valence electrons. The first-order valence-corrected chi connectivity index (χ1v) is 18.6. The lowest BCUT2D eigenvalue weighted by Gasteiger charge is -2.16. The molecule has 10 rings (SSSR count). The molecule has 2 heterocycles. The van der Waals surface area contributed by atoms with Gasteiger partial charge in [0, 0.05) is 48.3 Å². The van der Waals surface area contributed by atoms with Gasteiger partial charge in [0.2, 0.25) is 0 Å². The van der Waals surface area contributed by atoms with Crippen LogP contribution in [0.4, 0.5) is 0 Å². The molecule has 0 atom stereocenters. The van der Waals surface area contributed by atoms with Crippen LogP contribution in [0.1, 0.15) is 5.56 Å². The van der Waals surface area contributed by atoms with Crippen molar-refractivity contribution < 1.29 is 0 Å². The fourth-order valence-electron chi connectivity index (χ4n) is 7.89. The summed E-state index contributed by atoms with van der Waals surface area (Å²) in [6.45, 7) is 2.19. The van der Waals surface area contributed by atoms with Gasteiger partial charge in [-0.1, -0.05) is 145 Å². The summed E-state index contributed by atoms with van der Waals surface area (Å²) >= 11 is 1.84. The molecule has 0 radical (unpaired) electrons. The number of nitrogens with zero attached hydrogens (tertiary/aromatic N) is 2. The molecule has 0 unspecified atom stereocenters. The van der Waals surface area contributed by atoms with E-state index in [1.54, 1.807) is 0 Å². The van der Waals surface area contributed by atoms with Crippen LogP contribution in [0.25, 0.3) is 77.2 Å². The van der Waals surface area contributed by atoms with Crippen LogP contribution in [0.3, 0.4) is 0 Å². The summed E-state index contributed by atoms with van der Waals surface area (Å²) in [5.74, 6) is 0. The van der Waals surface area contributed by atoms with Gasteiger partial charge in [0.25, 0.3) is 0 Å². The van der Waals surface area contributed by atoms with Gasteiger partial charge in [-0.3, -0.25) is 0 Å². The molecule has 0 bridgehead atoms. The van der Waals surface area contributed by atoms with E-state index in [-0.39, 0.29) is 0 Å². The Morgan fingerprint density at radius 3 is 1.79 bits per heavy atom. The monoisotopic (exact) mass is 682 g/mol. The van der Waals surface area contributed by atoms with Gasteiger partial charge < -0.3 is 9.13 Å². The van der Waals surface area contributed by atoms with Crippen molar-refractivity contribution in [3.8, 4) is 33.6 Å². The minimum absolute atomic E-state index is 1.15. The zero-order valence-electron chi connectivity index (χ0n) is 28.7. The highest BCUT2D eigenvalue weighted by atomic mass is 32.2. The van der Waals surface area contributed by atoms with E-state index in [9.17, 15) is 0 Å². The quantitative estimate of drug-likeness (QED) is 0.170. The lowest BCUT2D eigenvalue weighted by molar-refractivity contribution is 1.17. The van der Waals surface area contributed by atoms with Gasteiger partial charge in [0.05, 0.1) is 22.1 Å². The fourth-order valence-corrected chi connectivity index (χ4v) is 8.93. The van der Waals surface area contributed by atoms with Crippen molar-refractivity contribution in [1.29, 1.82) is 0 Å². The van der Waals surface area contributed by atoms with Gasteiger partial charge in [-0.05, 0) is 83.8 Å². The second-order valence-electron chi connectivity index (χ2n) is 13.4. The van der Waals surface area contributed by atoms with Crippen molar-refractivity contribution in [3.05, 3.63) is 194 Å². The Morgan fingerprint density at radius 2 is 1.00 bits per heavy atom. The first kappa shape index (κ1) is 30.5. The van der Waals surface area contributed by atoms with Crippen molar-refractivity contribution in [2.24, 2.45) is 0 Å². The van der Waals surface area contributed by atoms with Crippen molar-refractivity contribution in [1.82, 2.24) is 9.13 Å².